The van der Waals surface area contributed by atoms with Crippen LogP contribution in [0.4, 0.5) is 17.5 Å². The van der Waals surface area contributed by atoms with Crippen LogP contribution in [0.5, 0.6) is 0 Å². The van der Waals surface area contributed by atoms with Gasteiger partial charge in [0.2, 0.25) is 0 Å². The number of para-hydroxylation sites is 1. The van der Waals surface area contributed by atoms with Gasteiger partial charge in [0.05, 0.1) is 17.1 Å². The summed E-state index contributed by atoms with van der Waals surface area (Å²) in [5.74, 6) is 2.33. The normalized spacial score (nSPS) is 22.5. The van der Waals surface area contributed by atoms with E-state index >= 15 is 0 Å². The van der Waals surface area contributed by atoms with Gasteiger partial charge >= 0.3 is 0 Å². The first kappa shape index (κ1) is 19.9. The molecule has 2 fully saturated rings. The lowest BCUT2D eigenvalue weighted by Gasteiger charge is -2.39. The highest BCUT2D eigenvalue weighted by Crippen LogP contribution is 2.37. The highest BCUT2D eigenvalue weighted by Gasteiger charge is 2.40. The van der Waals surface area contributed by atoms with Gasteiger partial charge < -0.3 is 10.6 Å². The van der Waals surface area contributed by atoms with Crippen LogP contribution < -0.4 is 10.6 Å². The number of pyridine rings is 2. The number of rotatable bonds is 6. The van der Waals surface area contributed by atoms with Crippen LogP contribution in [0.15, 0.2) is 48.7 Å². The smallest absolute Gasteiger partial charge is 0.161 e. The second-order valence-corrected chi connectivity index (χ2v) is 9.01. The Morgan fingerprint density at radius 1 is 1.06 bits per heavy atom. The van der Waals surface area contributed by atoms with E-state index in [9.17, 15) is 0 Å². The fourth-order valence-corrected chi connectivity index (χ4v) is 5.56. The largest absolute Gasteiger partial charge is 0.367 e. The summed E-state index contributed by atoms with van der Waals surface area (Å²) in [6, 6.07) is 17.8. The zero-order valence-electron chi connectivity index (χ0n) is 18.3. The van der Waals surface area contributed by atoms with Gasteiger partial charge in [-0.3, -0.25) is 15.0 Å². The van der Waals surface area contributed by atoms with E-state index in [1.165, 1.54) is 12.8 Å². The fourth-order valence-electron chi connectivity index (χ4n) is 5.56. The lowest BCUT2D eigenvalue weighted by Crippen LogP contribution is -2.47. The fraction of sp³-hybridized carbons (Fsp3) is 0.360. The van der Waals surface area contributed by atoms with Gasteiger partial charge in [0.25, 0.3) is 0 Å². The number of nitriles is 1. The molecular formula is C25H26N8. The average molecular weight is 439 g/mol. The van der Waals surface area contributed by atoms with Gasteiger partial charge in [-0.25, -0.2) is 4.98 Å². The van der Waals surface area contributed by atoms with Crippen molar-refractivity contribution in [2.45, 2.75) is 50.2 Å². The van der Waals surface area contributed by atoms with Crippen LogP contribution in [0.3, 0.4) is 0 Å². The van der Waals surface area contributed by atoms with Crippen LogP contribution in [-0.4, -0.2) is 49.7 Å². The molecular weight excluding hydrogens is 412 g/mol. The molecule has 0 amide bonds. The van der Waals surface area contributed by atoms with Crippen molar-refractivity contribution in [3.05, 3.63) is 48.7 Å². The summed E-state index contributed by atoms with van der Waals surface area (Å²) in [5, 5.41) is 25.7. The molecule has 1 aromatic carbocycles. The molecule has 3 aromatic heterocycles. The Hall–Kier alpha value is -3.70. The van der Waals surface area contributed by atoms with Crippen LogP contribution in [0.2, 0.25) is 0 Å². The van der Waals surface area contributed by atoms with Crippen LogP contribution in [-0.2, 0) is 0 Å². The van der Waals surface area contributed by atoms with E-state index in [1.807, 2.05) is 42.6 Å². The average Bonchev–Trinajstić information content (AvgIpc) is 3.34. The monoisotopic (exact) mass is 438 g/mol. The van der Waals surface area contributed by atoms with Gasteiger partial charge in [-0.05, 0) is 49.9 Å². The molecule has 8 nitrogen and oxygen atoms in total. The summed E-state index contributed by atoms with van der Waals surface area (Å²) in [6.07, 6.45) is 7.02. The Morgan fingerprint density at radius 3 is 2.73 bits per heavy atom. The van der Waals surface area contributed by atoms with Crippen molar-refractivity contribution in [1.29, 1.82) is 5.26 Å². The number of piperidine rings is 1. The maximum atomic E-state index is 9.00. The zero-order chi connectivity index (χ0) is 22.2. The van der Waals surface area contributed by atoms with E-state index in [0.29, 0.717) is 24.5 Å². The number of hydrogen-bond acceptors (Lipinski definition) is 7. The van der Waals surface area contributed by atoms with Gasteiger partial charge in [-0.1, -0.05) is 12.1 Å². The molecule has 2 aliphatic rings. The topological polar surface area (TPSA) is 106 Å². The second-order valence-electron chi connectivity index (χ2n) is 9.01. The highest BCUT2D eigenvalue weighted by molar-refractivity contribution is 5.94. The number of aromatic amines is 1. The Morgan fingerprint density at radius 2 is 1.88 bits per heavy atom. The first-order valence-corrected chi connectivity index (χ1v) is 11.6. The molecule has 33 heavy (non-hydrogen) atoms. The van der Waals surface area contributed by atoms with E-state index in [1.54, 1.807) is 0 Å². The van der Waals surface area contributed by atoms with Gasteiger partial charge in [0.1, 0.15) is 11.6 Å². The number of hydrogen-bond donors (Lipinski definition) is 3. The first-order valence-electron chi connectivity index (χ1n) is 11.6. The van der Waals surface area contributed by atoms with Crippen molar-refractivity contribution in [2.24, 2.45) is 0 Å². The number of fused-ring (bicyclic) bond motifs is 4. The quantitative estimate of drug-likeness (QED) is 0.405. The van der Waals surface area contributed by atoms with Crippen LogP contribution in [0, 0.1) is 11.3 Å². The minimum absolute atomic E-state index is 0.359. The maximum Gasteiger partial charge on any atom is 0.161 e. The molecule has 0 spiro atoms. The minimum atomic E-state index is 0.359. The Balaban J connectivity index is 1.28. The minimum Gasteiger partial charge on any atom is -0.367 e. The summed E-state index contributed by atoms with van der Waals surface area (Å²) >= 11 is 0. The Kier molecular flexibility index (Phi) is 5.04. The number of aromatic nitrogens is 4. The molecule has 0 aliphatic carbocycles. The number of benzene rings is 1. The maximum absolute atomic E-state index is 9.00. The van der Waals surface area contributed by atoms with E-state index in [-0.39, 0.29) is 0 Å². The van der Waals surface area contributed by atoms with Crippen LogP contribution in [0.1, 0.15) is 32.1 Å². The second kappa shape index (κ2) is 8.34. The first-order chi connectivity index (χ1) is 16.3. The van der Waals surface area contributed by atoms with Crippen LogP contribution >= 0.6 is 0 Å². The molecule has 5 heterocycles. The van der Waals surface area contributed by atoms with Crippen molar-refractivity contribution in [2.75, 3.05) is 17.2 Å². The number of anilines is 3. The molecule has 2 bridgehead atoms. The van der Waals surface area contributed by atoms with Gasteiger partial charge in [0, 0.05) is 54.1 Å². The summed E-state index contributed by atoms with van der Waals surface area (Å²) in [5.41, 5.74) is 1.88. The molecule has 3 atom stereocenters. The predicted octanol–water partition coefficient (Wildman–Crippen LogP) is 4.57. The molecule has 8 heteroatoms. The van der Waals surface area contributed by atoms with E-state index in [4.69, 9.17) is 10.2 Å². The summed E-state index contributed by atoms with van der Waals surface area (Å²) < 4.78 is 0. The summed E-state index contributed by atoms with van der Waals surface area (Å²) in [4.78, 5) is 12.1. The highest BCUT2D eigenvalue weighted by atomic mass is 15.2. The third-order valence-electron chi connectivity index (χ3n) is 7.02. The SMILES string of the molecule is N#CCCN1[C@@H]2CC[C@H]1C[C@H](Nc1nc(Nc3n[nH]c4ccccc34)cc3ncccc13)C2. The Bertz CT molecular complexity index is 1330. The summed E-state index contributed by atoms with van der Waals surface area (Å²) in [6.45, 7) is 0.890. The molecule has 0 unspecified atom stereocenters. The molecule has 166 valence electrons. The van der Waals surface area contributed by atoms with E-state index in [2.05, 4.69) is 42.9 Å². The molecule has 0 radical (unpaired) electrons. The third-order valence-corrected chi connectivity index (χ3v) is 7.02. The molecule has 0 saturated carbocycles. The van der Waals surface area contributed by atoms with Gasteiger partial charge in [-0.2, -0.15) is 10.4 Å². The van der Waals surface area contributed by atoms with E-state index < -0.39 is 0 Å². The van der Waals surface area contributed by atoms with Crippen molar-refractivity contribution in [3.8, 4) is 6.07 Å². The lowest BCUT2D eigenvalue weighted by molar-refractivity contribution is 0.136. The standard InChI is InChI=1S/C25H26N8/c26-10-4-12-33-17-8-9-18(33)14-16(13-17)28-24-20-6-3-11-27-22(20)15-23(29-24)30-25-19-5-1-2-7-21(19)31-32-25/h1-3,5-7,11,15-18H,4,8-9,12-14H2,(H3,28,29,30,31,32)/t16-,17-,18+. The number of H-pyrrole nitrogens is 1. The van der Waals surface area contributed by atoms with Crippen molar-refractivity contribution in [3.63, 3.8) is 0 Å². The van der Waals surface area contributed by atoms with Gasteiger partial charge in [0.15, 0.2) is 5.82 Å². The molecule has 2 aliphatic heterocycles. The van der Waals surface area contributed by atoms with Crippen molar-refractivity contribution < 1.29 is 0 Å². The number of nitrogens with one attached hydrogen (secondary N) is 3. The molecule has 6 rings (SSSR count). The molecule has 2 saturated heterocycles. The molecule has 3 N–H and O–H groups in total. The van der Waals surface area contributed by atoms with Crippen molar-refractivity contribution >= 4 is 39.3 Å². The summed E-state index contributed by atoms with van der Waals surface area (Å²) in [7, 11) is 0. The third kappa shape index (κ3) is 3.74. The zero-order valence-corrected chi connectivity index (χ0v) is 18.3. The van der Waals surface area contributed by atoms with Gasteiger partial charge in [-0.15, -0.1) is 0 Å². The number of nitrogens with zero attached hydrogens (tertiary/aromatic N) is 5. The predicted molar refractivity (Wildman–Crippen MR) is 129 cm³/mol. The Labute approximate surface area is 192 Å². The lowest BCUT2D eigenvalue weighted by atomic mass is 9.97. The van der Waals surface area contributed by atoms with E-state index in [0.717, 1.165) is 58.6 Å². The van der Waals surface area contributed by atoms with Crippen LogP contribution in [0.25, 0.3) is 21.8 Å². The molecule has 4 aromatic rings. The van der Waals surface area contributed by atoms with Crippen molar-refractivity contribution in [1.82, 2.24) is 25.1 Å².